The van der Waals surface area contributed by atoms with Crippen LogP contribution in [0.3, 0.4) is 0 Å². The Kier molecular flexibility index (Phi) is 6.53. The monoisotopic (exact) mass is 379 g/mol. The summed E-state index contributed by atoms with van der Waals surface area (Å²) in [4.78, 5) is 23.4. The van der Waals surface area contributed by atoms with Crippen LogP contribution in [-0.4, -0.2) is 25.1 Å². The fourth-order valence-electron chi connectivity index (χ4n) is 2.03. The number of hydrogen-bond donors (Lipinski definition) is 2. The molecule has 2 amide bonds. The minimum Gasteiger partial charge on any atom is -0.497 e. The third-order valence-electron chi connectivity index (χ3n) is 3.31. The molecule has 0 saturated carbocycles. The number of benzene rings is 2. The van der Waals surface area contributed by atoms with Crippen molar-refractivity contribution in [3.05, 3.63) is 59.7 Å². The van der Waals surface area contributed by atoms with E-state index in [9.17, 15) is 22.8 Å². The molecular formula is C18H16F3N3O3. The zero-order chi connectivity index (χ0) is 19.9. The number of hydrogen-bond acceptors (Lipinski definition) is 4. The van der Waals surface area contributed by atoms with Gasteiger partial charge in [0.2, 0.25) is 11.8 Å². The molecule has 0 spiro atoms. The van der Waals surface area contributed by atoms with Crippen LogP contribution in [0.15, 0.2) is 53.6 Å². The second-order valence-electron chi connectivity index (χ2n) is 5.37. The Morgan fingerprint density at radius 1 is 1.11 bits per heavy atom. The second-order valence-corrected chi connectivity index (χ2v) is 5.37. The van der Waals surface area contributed by atoms with E-state index in [1.54, 1.807) is 24.3 Å². The van der Waals surface area contributed by atoms with E-state index in [0.29, 0.717) is 11.3 Å². The maximum absolute atomic E-state index is 12.6. The summed E-state index contributed by atoms with van der Waals surface area (Å²) >= 11 is 0. The quantitative estimate of drug-likeness (QED) is 0.460. The number of carbonyl (C=O) groups excluding carboxylic acids is 2. The lowest BCUT2D eigenvalue weighted by atomic mass is 10.2. The van der Waals surface area contributed by atoms with Crippen LogP contribution in [0.1, 0.15) is 17.5 Å². The highest BCUT2D eigenvalue weighted by Gasteiger charge is 2.30. The minimum absolute atomic E-state index is 0.0515. The SMILES string of the molecule is COc1ccc(/C=N\NC(=O)CC(=O)Nc2cccc(C(F)(F)F)c2)cc1. The molecule has 142 valence electrons. The number of carbonyl (C=O) groups is 2. The summed E-state index contributed by atoms with van der Waals surface area (Å²) in [5.74, 6) is -0.793. The Labute approximate surface area is 153 Å². The number of rotatable bonds is 6. The summed E-state index contributed by atoms with van der Waals surface area (Å²) in [5.41, 5.74) is 1.92. The molecule has 27 heavy (non-hydrogen) atoms. The largest absolute Gasteiger partial charge is 0.497 e. The zero-order valence-electron chi connectivity index (χ0n) is 14.2. The number of methoxy groups -OCH3 is 1. The van der Waals surface area contributed by atoms with Gasteiger partial charge in [0.15, 0.2) is 0 Å². The van der Waals surface area contributed by atoms with Gasteiger partial charge in [0.05, 0.1) is 18.9 Å². The van der Waals surface area contributed by atoms with Gasteiger partial charge in [0.25, 0.3) is 0 Å². The molecule has 0 aliphatic carbocycles. The molecule has 0 saturated heterocycles. The predicted molar refractivity (Wildman–Crippen MR) is 93.4 cm³/mol. The summed E-state index contributed by atoms with van der Waals surface area (Å²) in [7, 11) is 1.54. The maximum Gasteiger partial charge on any atom is 0.416 e. The number of halogens is 3. The van der Waals surface area contributed by atoms with Gasteiger partial charge in [0.1, 0.15) is 12.2 Å². The van der Waals surface area contributed by atoms with Crippen LogP contribution in [0.5, 0.6) is 5.75 Å². The molecule has 0 unspecified atom stereocenters. The summed E-state index contributed by atoms with van der Waals surface area (Å²) in [6, 6.07) is 11.0. The number of alkyl halides is 3. The van der Waals surface area contributed by atoms with E-state index in [1.807, 2.05) is 0 Å². The number of amides is 2. The molecule has 0 bridgehead atoms. The highest BCUT2D eigenvalue weighted by Crippen LogP contribution is 2.30. The molecule has 0 aliphatic heterocycles. The first-order valence-electron chi connectivity index (χ1n) is 7.71. The van der Waals surface area contributed by atoms with Gasteiger partial charge in [-0.2, -0.15) is 18.3 Å². The van der Waals surface area contributed by atoms with E-state index in [0.717, 1.165) is 18.2 Å². The summed E-state index contributed by atoms with van der Waals surface area (Å²) < 4.78 is 42.9. The van der Waals surface area contributed by atoms with Crippen molar-refractivity contribution in [2.75, 3.05) is 12.4 Å². The number of hydrazone groups is 1. The van der Waals surface area contributed by atoms with Crippen molar-refractivity contribution in [1.29, 1.82) is 0 Å². The lowest BCUT2D eigenvalue weighted by Crippen LogP contribution is -2.24. The normalized spacial score (nSPS) is 11.3. The number of nitrogens with one attached hydrogen (secondary N) is 2. The molecule has 9 heteroatoms. The van der Waals surface area contributed by atoms with Gasteiger partial charge in [-0.1, -0.05) is 6.07 Å². The number of ether oxygens (including phenoxy) is 1. The number of anilines is 1. The summed E-state index contributed by atoms with van der Waals surface area (Å²) in [6.45, 7) is 0. The van der Waals surface area contributed by atoms with E-state index in [1.165, 1.54) is 19.4 Å². The molecule has 2 N–H and O–H groups in total. The first-order chi connectivity index (χ1) is 12.8. The van der Waals surface area contributed by atoms with Crippen molar-refractivity contribution in [1.82, 2.24) is 5.43 Å². The van der Waals surface area contributed by atoms with E-state index in [2.05, 4.69) is 15.8 Å². The molecule has 0 radical (unpaired) electrons. The smallest absolute Gasteiger partial charge is 0.416 e. The summed E-state index contributed by atoms with van der Waals surface area (Å²) in [5, 5.41) is 5.95. The topological polar surface area (TPSA) is 79.8 Å². The number of nitrogens with zero attached hydrogens (tertiary/aromatic N) is 1. The Bertz CT molecular complexity index is 834. The van der Waals surface area contributed by atoms with Crippen molar-refractivity contribution in [2.24, 2.45) is 5.10 Å². The van der Waals surface area contributed by atoms with E-state index < -0.39 is 30.0 Å². The van der Waals surface area contributed by atoms with Gasteiger partial charge in [-0.05, 0) is 48.0 Å². The highest BCUT2D eigenvalue weighted by molar-refractivity contribution is 6.03. The molecular weight excluding hydrogens is 363 g/mol. The van der Waals surface area contributed by atoms with Crippen molar-refractivity contribution >= 4 is 23.7 Å². The molecule has 2 aromatic carbocycles. The van der Waals surface area contributed by atoms with Crippen molar-refractivity contribution in [3.63, 3.8) is 0 Å². The lowest BCUT2D eigenvalue weighted by molar-refractivity contribution is -0.137. The van der Waals surface area contributed by atoms with Crippen LogP contribution >= 0.6 is 0 Å². The molecule has 0 aliphatic rings. The van der Waals surface area contributed by atoms with Gasteiger partial charge >= 0.3 is 6.18 Å². The Hall–Kier alpha value is -3.36. The van der Waals surface area contributed by atoms with E-state index in [-0.39, 0.29) is 5.69 Å². The van der Waals surface area contributed by atoms with Crippen LogP contribution in [-0.2, 0) is 15.8 Å². The highest BCUT2D eigenvalue weighted by atomic mass is 19.4. The van der Waals surface area contributed by atoms with Gasteiger partial charge in [0, 0.05) is 5.69 Å². The van der Waals surface area contributed by atoms with Crippen molar-refractivity contribution in [3.8, 4) is 5.75 Å². The zero-order valence-corrected chi connectivity index (χ0v) is 14.2. The summed E-state index contributed by atoms with van der Waals surface area (Å²) in [6.07, 6.45) is -3.73. The maximum atomic E-state index is 12.6. The minimum atomic E-state index is -4.52. The fraction of sp³-hybridized carbons (Fsp3) is 0.167. The first kappa shape index (κ1) is 20.0. The van der Waals surface area contributed by atoms with Gasteiger partial charge in [-0.15, -0.1) is 0 Å². The third kappa shape index (κ3) is 6.46. The average Bonchev–Trinajstić information content (AvgIpc) is 2.61. The average molecular weight is 379 g/mol. The Balaban J connectivity index is 1.84. The molecule has 2 aromatic rings. The molecule has 6 nitrogen and oxygen atoms in total. The molecule has 0 aromatic heterocycles. The predicted octanol–water partition coefficient (Wildman–Crippen LogP) is 3.19. The molecule has 2 rings (SSSR count). The van der Waals surface area contributed by atoms with Gasteiger partial charge in [-0.3, -0.25) is 9.59 Å². The van der Waals surface area contributed by atoms with E-state index >= 15 is 0 Å². The third-order valence-corrected chi connectivity index (χ3v) is 3.31. The Morgan fingerprint density at radius 3 is 2.44 bits per heavy atom. The van der Waals surface area contributed by atoms with E-state index in [4.69, 9.17) is 4.74 Å². The van der Waals surface area contributed by atoms with Crippen LogP contribution in [0.2, 0.25) is 0 Å². The van der Waals surface area contributed by atoms with Gasteiger partial charge < -0.3 is 10.1 Å². The molecule has 0 fully saturated rings. The molecule has 0 heterocycles. The molecule has 0 atom stereocenters. The van der Waals surface area contributed by atoms with Crippen LogP contribution in [0, 0.1) is 0 Å². The fourth-order valence-corrected chi connectivity index (χ4v) is 2.03. The Morgan fingerprint density at radius 2 is 1.81 bits per heavy atom. The standard InChI is InChI=1S/C18H16F3N3O3/c1-27-15-7-5-12(6-8-15)11-22-24-17(26)10-16(25)23-14-4-2-3-13(9-14)18(19,20)21/h2-9,11H,10H2,1H3,(H,23,25)(H,24,26)/b22-11-. The second kappa shape index (κ2) is 8.84. The lowest BCUT2D eigenvalue weighted by Gasteiger charge is -2.09. The van der Waals surface area contributed by atoms with Crippen LogP contribution in [0.4, 0.5) is 18.9 Å². The van der Waals surface area contributed by atoms with Gasteiger partial charge in [-0.25, -0.2) is 5.43 Å². The van der Waals surface area contributed by atoms with Crippen LogP contribution < -0.4 is 15.5 Å². The first-order valence-corrected chi connectivity index (χ1v) is 7.71. The van der Waals surface area contributed by atoms with Crippen LogP contribution in [0.25, 0.3) is 0 Å². The van der Waals surface area contributed by atoms with Crippen molar-refractivity contribution < 1.29 is 27.5 Å². The van der Waals surface area contributed by atoms with Crippen molar-refractivity contribution in [2.45, 2.75) is 12.6 Å².